The van der Waals surface area contributed by atoms with Gasteiger partial charge in [0.2, 0.25) is 5.56 Å². The van der Waals surface area contributed by atoms with Gasteiger partial charge in [0, 0.05) is 23.8 Å². The predicted molar refractivity (Wildman–Crippen MR) is 95.2 cm³/mol. The first-order valence-electron chi connectivity index (χ1n) is 7.80. The average Bonchev–Trinajstić information content (AvgIpc) is 3.39. The molecule has 0 bridgehead atoms. The van der Waals surface area contributed by atoms with Crippen LogP contribution in [0.4, 0.5) is 15.8 Å². The number of hydrogen-bond acceptors (Lipinski definition) is 4. The van der Waals surface area contributed by atoms with Crippen LogP contribution in [0.15, 0.2) is 39.7 Å². The number of amides is 1. The minimum atomic E-state index is -0.508. The fraction of sp³-hybridized carbons (Fsp3) is 0.294. The molecule has 0 unspecified atom stereocenters. The van der Waals surface area contributed by atoms with Crippen LogP contribution in [-0.4, -0.2) is 29.6 Å². The number of halogens is 2. The van der Waals surface area contributed by atoms with Crippen molar-refractivity contribution in [3.8, 4) is 0 Å². The summed E-state index contributed by atoms with van der Waals surface area (Å²) >= 11 is 3.18. The Hall–Kier alpha value is -2.19. The zero-order chi connectivity index (χ0) is 18.0. The van der Waals surface area contributed by atoms with Gasteiger partial charge in [0.15, 0.2) is 0 Å². The van der Waals surface area contributed by atoms with Crippen molar-refractivity contribution >= 4 is 33.2 Å². The van der Waals surface area contributed by atoms with E-state index in [4.69, 9.17) is 4.84 Å². The molecule has 0 atom stereocenters. The molecule has 1 aliphatic rings. The summed E-state index contributed by atoms with van der Waals surface area (Å²) in [5.41, 5.74) is 0.139. The van der Waals surface area contributed by atoms with Crippen LogP contribution >= 0.6 is 15.9 Å². The number of aromatic amines is 1. The molecule has 3 rings (SSSR count). The summed E-state index contributed by atoms with van der Waals surface area (Å²) in [6, 6.07) is 5.68. The largest absolute Gasteiger partial charge is 0.352 e. The molecule has 1 aliphatic carbocycles. The first-order valence-corrected chi connectivity index (χ1v) is 8.59. The monoisotopic (exact) mass is 409 g/mol. The van der Waals surface area contributed by atoms with E-state index in [1.807, 2.05) is 0 Å². The quantitative estimate of drug-likeness (QED) is 0.716. The summed E-state index contributed by atoms with van der Waals surface area (Å²) in [4.78, 5) is 32.1. The van der Waals surface area contributed by atoms with Gasteiger partial charge >= 0.3 is 0 Å². The van der Waals surface area contributed by atoms with Gasteiger partial charge in [0.1, 0.15) is 5.82 Å². The van der Waals surface area contributed by atoms with E-state index in [1.165, 1.54) is 31.4 Å². The number of carbonyl (C=O) groups is 1. The standard InChI is InChI=1S/C17H17BrFN3O3/c1-22(25-9-10-2-3-10)17(24)12-8-20-16(23)7-15(12)21-14-5-4-11(18)6-13(14)19/h4-8,10H,2-3,9H2,1H3,(H2,20,21,23). The van der Waals surface area contributed by atoms with E-state index in [0.29, 0.717) is 17.0 Å². The van der Waals surface area contributed by atoms with Gasteiger partial charge in [-0.05, 0) is 37.0 Å². The van der Waals surface area contributed by atoms with Crippen molar-refractivity contribution in [1.29, 1.82) is 0 Å². The normalized spacial score (nSPS) is 13.6. The van der Waals surface area contributed by atoms with Gasteiger partial charge in [-0.15, -0.1) is 0 Å². The Morgan fingerprint density at radius 2 is 2.16 bits per heavy atom. The SMILES string of the molecule is CN(OCC1CC1)C(=O)c1c[nH]c(=O)cc1Nc1ccc(Br)cc1F. The van der Waals surface area contributed by atoms with Gasteiger partial charge in [-0.25, -0.2) is 9.45 Å². The Morgan fingerprint density at radius 1 is 1.40 bits per heavy atom. The smallest absolute Gasteiger partial charge is 0.280 e. The molecule has 1 aromatic heterocycles. The molecular weight excluding hydrogens is 393 g/mol. The number of H-pyrrole nitrogens is 1. The van der Waals surface area contributed by atoms with Crippen LogP contribution in [0.3, 0.4) is 0 Å². The van der Waals surface area contributed by atoms with Crippen molar-refractivity contribution in [2.45, 2.75) is 12.8 Å². The Balaban J connectivity index is 1.84. The highest BCUT2D eigenvalue weighted by atomic mass is 79.9. The lowest BCUT2D eigenvalue weighted by atomic mass is 10.2. The number of nitrogens with one attached hydrogen (secondary N) is 2. The molecule has 0 saturated heterocycles. The molecule has 1 fully saturated rings. The van der Waals surface area contributed by atoms with Crippen molar-refractivity contribution in [2.24, 2.45) is 5.92 Å². The summed E-state index contributed by atoms with van der Waals surface area (Å²) in [5, 5.41) is 3.94. The molecule has 2 aromatic rings. The summed E-state index contributed by atoms with van der Waals surface area (Å²) in [6.07, 6.45) is 3.51. The summed E-state index contributed by atoms with van der Waals surface area (Å²) in [5.74, 6) is -0.441. The highest BCUT2D eigenvalue weighted by Gasteiger charge is 2.24. The van der Waals surface area contributed by atoms with Gasteiger partial charge < -0.3 is 10.3 Å². The molecule has 25 heavy (non-hydrogen) atoms. The first kappa shape index (κ1) is 17.6. The third kappa shape index (κ3) is 4.46. The molecule has 6 nitrogen and oxygen atoms in total. The van der Waals surface area contributed by atoms with Crippen LogP contribution < -0.4 is 10.9 Å². The second-order valence-corrected chi connectivity index (χ2v) is 6.83. The fourth-order valence-corrected chi connectivity index (χ4v) is 2.55. The maximum absolute atomic E-state index is 14.0. The van der Waals surface area contributed by atoms with Gasteiger partial charge in [0.05, 0.1) is 23.5 Å². The topological polar surface area (TPSA) is 74.4 Å². The minimum Gasteiger partial charge on any atom is -0.352 e. The second-order valence-electron chi connectivity index (χ2n) is 5.92. The zero-order valence-electron chi connectivity index (χ0n) is 13.5. The van der Waals surface area contributed by atoms with Gasteiger partial charge in [0.25, 0.3) is 5.91 Å². The maximum Gasteiger partial charge on any atom is 0.280 e. The number of hydrogen-bond donors (Lipinski definition) is 2. The van der Waals surface area contributed by atoms with Crippen molar-refractivity contribution in [1.82, 2.24) is 10.0 Å². The Morgan fingerprint density at radius 3 is 2.84 bits per heavy atom. The number of rotatable bonds is 6. The number of carbonyl (C=O) groups excluding carboxylic acids is 1. The predicted octanol–water partition coefficient (Wildman–Crippen LogP) is 3.43. The molecule has 1 heterocycles. The fourth-order valence-electron chi connectivity index (χ4n) is 2.22. The van der Waals surface area contributed by atoms with Crippen LogP contribution in [0, 0.1) is 11.7 Å². The lowest BCUT2D eigenvalue weighted by molar-refractivity contribution is -0.109. The van der Waals surface area contributed by atoms with E-state index in [1.54, 1.807) is 6.07 Å². The lowest BCUT2D eigenvalue weighted by Crippen LogP contribution is -2.29. The van der Waals surface area contributed by atoms with Crippen molar-refractivity contribution < 1.29 is 14.0 Å². The van der Waals surface area contributed by atoms with Crippen LogP contribution in [0.25, 0.3) is 0 Å². The maximum atomic E-state index is 14.0. The molecule has 132 valence electrons. The van der Waals surface area contributed by atoms with E-state index >= 15 is 0 Å². The van der Waals surface area contributed by atoms with E-state index in [-0.39, 0.29) is 16.9 Å². The van der Waals surface area contributed by atoms with Crippen LogP contribution in [0.2, 0.25) is 0 Å². The molecule has 1 saturated carbocycles. The third-order valence-corrected chi connectivity index (χ3v) is 4.34. The van der Waals surface area contributed by atoms with Crippen molar-refractivity contribution in [3.05, 3.63) is 56.7 Å². The van der Waals surface area contributed by atoms with Crippen LogP contribution in [-0.2, 0) is 4.84 Å². The van der Waals surface area contributed by atoms with E-state index in [0.717, 1.165) is 17.9 Å². The number of nitrogens with zero attached hydrogens (tertiary/aromatic N) is 1. The van der Waals surface area contributed by atoms with E-state index in [2.05, 4.69) is 26.2 Å². The molecule has 0 aliphatic heterocycles. The number of hydroxylamine groups is 2. The molecule has 0 spiro atoms. The van der Waals surface area contributed by atoms with Crippen molar-refractivity contribution in [2.75, 3.05) is 19.0 Å². The van der Waals surface area contributed by atoms with Gasteiger partial charge in [-0.2, -0.15) is 0 Å². The first-order chi connectivity index (χ1) is 11.9. The Kier molecular flexibility index (Phi) is 5.19. The van der Waals surface area contributed by atoms with E-state index < -0.39 is 17.3 Å². The molecule has 2 N–H and O–H groups in total. The highest BCUT2D eigenvalue weighted by molar-refractivity contribution is 9.10. The number of anilines is 2. The molecule has 1 amide bonds. The molecule has 8 heteroatoms. The highest BCUT2D eigenvalue weighted by Crippen LogP contribution is 2.29. The van der Waals surface area contributed by atoms with E-state index in [9.17, 15) is 14.0 Å². The molecular formula is C17H17BrFN3O3. The lowest BCUT2D eigenvalue weighted by Gasteiger charge is -2.19. The minimum absolute atomic E-state index is 0.157. The van der Waals surface area contributed by atoms with Gasteiger partial charge in [-0.1, -0.05) is 15.9 Å². The van der Waals surface area contributed by atoms with Crippen molar-refractivity contribution in [3.63, 3.8) is 0 Å². The summed E-state index contributed by atoms with van der Waals surface area (Å²) < 4.78 is 14.6. The number of pyridine rings is 1. The molecule has 1 aromatic carbocycles. The van der Waals surface area contributed by atoms with Crippen LogP contribution in [0.5, 0.6) is 0 Å². The van der Waals surface area contributed by atoms with Crippen LogP contribution in [0.1, 0.15) is 23.2 Å². The number of benzene rings is 1. The van der Waals surface area contributed by atoms with Gasteiger partial charge in [-0.3, -0.25) is 14.4 Å². The average molecular weight is 410 g/mol. The summed E-state index contributed by atoms with van der Waals surface area (Å²) in [7, 11) is 1.51. The Labute approximate surface area is 152 Å². The second kappa shape index (κ2) is 7.37. The Bertz CT molecular complexity index is 851. The molecule has 0 radical (unpaired) electrons. The third-order valence-electron chi connectivity index (χ3n) is 3.84. The zero-order valence-corrected chi connectivity index (χ0v) is 15.1. The number of aromatic nitrogens is 1. The summed E-state index contributed by atoms with van der Waals surface area (Å²) in [6.45, 7) is 0.482.